The van der Waals surface area contributed by atoms with Crippen LogP contribution in [0.1, 0.15) is 37.4 Å². The number of allylic oxidation sites excluding steroid dienone is 1. The van der Waals surface area contributed by atoms with Crippen molar-refractivity contribution in [3.63, 3.8) is 0 Å². The highest BCUT2D eigenvalue weighted by molar-refractivity contribution is 7.07. The summed E-state index contributed by atoms with van der Waals surface area (Å²) in [6.45, 7) is 3.01. The average molecular weight is 532 g/mol. The zero-order valence-electron chi connectivity index (χ0n) is 20.4. The third kappa shape index (κ3) is 4.81. The molecule has 1 atom stereocenters. The number of nitrogens with zero attached hydrogens (tertiary/aromatic N) is 3. The Morgan fingerprint density at radius 2 is 1.97 bits per heavy atom. The second-order valence-corrected chi connectivity index (χ2v) is 9.41. The first kappa shape index (κ1) is 25.0. The molecular weight excluding hydrogens is 510 g/mol. The Hall–Kier alpha value is -4.69. The van der Waals surface area contributed by atoms with Gasteiger partial charge in [0.25, 0.3) is 5.56 Å². The molecule has 38 heavy (non-hydrogen) atoms. The quantitative estimate of drug-likeness (QED) is 0.269. The lowest BCUT2D eigenvalue weighted by molar-refractivity contribution is -0.139. The van der Waals surface area contributed by atoms with Crippen LogP contribution in [-0.4, -0.2) is 29.9 Å². The molecule has 0 spiro atoms. The first-order valence-electron chi connectivity index (χ1n) is 11.6. The van der Waals surface area contributed by atoms with Crippen molar-refractivity contribution in [3.05, 3.63) is 84.5 Å². The number of esters is 2. The van der Waals surface area contributed by atoms with E-state index in [-0.39, 0.29) is 31.0 Å². The zero-order chi connectivity index (χ0) is 26.8. The molecule has 0 saturated carbocycles. The molecule has 5 rings (SSSR count). The Kier molecular flexibility index (Phi) is 6.81. The third-order valence-electron chi connectivity index (χ3n) is 5.84. The van der Waals surface area contributed by atoms with Crippen molar-refractivity contribution < 1.29 is 28.5 Å². The molecule has 0 fully saturated rings. The summed E-state index contributed by atoms with van der Waals surface area (Å²) in [6, 6.07) is 13.1. The summed E-state index contributed by atoms with van der Waals surface area (Å²) in [5.41, 5.74) is 1.61. The van der Waals surface area contributed by atoms with Crippen LogP contribution in [0, 0.1) is 11.3 Å². The van der Waals surface area contributed by atoms with Gasteiger partial charge in [0, 0.05) is 6.92 Å². The second kappa shape index (κ2) is 10.4. The fourth-order valence-electron chi connectivity index (χ4n) is 4.20. The fourth-order valence-corrected chi connectivity index (χ4v) is 5.24. The van der Waals surface area contributed by atoms with Crippen molar-refractivity contribution in [1.82, 2.24) is 4.57 Å². The zero-order valence-corrected chi connectivity index (χ0v) is 21.2. The molecule has 1 unspecified atom stereocenters. The number of thiazole rings is 1. The van der Waals surface area contributed by atoms with Gasteiger partial charge in [-0.15, -0.1) is 0 Å². The van der Waals surface area contributed by atoms with Crippen molar-refractivity contribution in [1.29, 1.82) is 5.26 Å². The second-order valence-electron chi connectivity index (χ2n) is 8.40. The monoisotopic (exact) mass is 531 g/mol. The number of carbonyl (C=O) groups is 2. The Balaban J connectivity index is 1.62. The molecule has 0 amide bonds. The van der Waals surface area contributed by atoms with E-state index in [9.17, 15) is 14.4 Å². The van der Waals surface area contributed by atoms with Gasteiger partial charge < -0.3 is 18.9 Å². The number of fused-ring (bicyclic) bond motifs is 2. The SMILES string of the molecule is CC(=O)Oc1ccc(/C=c2/sc3n(c2=O)C(c2ccc4c(c2)OCO4)C(C(=O)OCCC#N)=C(C)N=3)cc1. The van der Waals surface area contributed by atoms with Crippen molar-refractivity contribution >= 4 is 29.4 Å². The highest BCUT2D eigenvalue weighted by atomic mass is 32.1. The van der Waals surface area contributed by atoms with Crippen molar-refractivity contribution in [2.45, 2.75) is 26.3 Å². The lowest BCUT2D eigenvalue weighted by atomic mass is 9.95. The van der Waals surface area contributed by atoms with Crippen LogP contribution in [0.25, 0.3) is 6.08 Å². The highest BCUT2D eigenvalue weighted by Crippen LogP contribution is 2.38. The van der Waals surface area contributed by atoms with Gasteiger partial charge in [-0.2, -0.15) is 5.26 Å². The normalized spacial score (nSPS) is 15.9. The van der Waals surface area contributed by atoms with E-state index in [1.165, 1.54) is 22.8 Å². The summed E-state index contributed by atoms with van der Waals surface area (Å²) >= 11 is 1.19. The molecule has 0 aliphatic carbocycles. The molecule has 0 radical (unpaired) electrons. The lowest BCUT2D eigenvalue weighted by Crippen LogP contribution is -2.40. The first-order valence-corrected chi connectivity index (χ1v) is 12.4. The van der Waals surface area contributed by atoms with E-state index in [4.69, 9.17) is 24.2 Å². The van der Waals surface area contributed by atoms with E-state index in [1.54, 1.807) is 55.5 Å². The smallest absolute Gasteiger partial charge is 0.338 e. The summed E-state index contributed by atoms with van der Waals surface area (Å²) in [6.07, 6.45) is 1.76. The molecule has 1 aromatic heterocycles. The maximum atomic E-state index is 13.7. The molecule has 3 heterocycles. The van der Waals surface area contributed by atoms with E-state index in [2.05, 4.69) is 4.99 Å². The van der Waals surface area contributed by atoms with E-state index in [0.29, 0.717) is 37.8 Å². The Morgan fingerprint density at radius 1 is 1.21 bits per heavy atom. The fraction of sp³-hybridized carbons (Fsp3) is 0.222. The minimum absolute atomic E-state index is 0.0445. The Bertz CT molecular complexity index is 1690. The Morgan fingerprint density at radius 3 is 2.71 bits per heavy atom. The maximum Gasteiger partial charge on any atom is 0.338 e. The van der Waals surface area contributed by atoms with Crippen molar-refractivity contribution in [2.24, 2.45) is 4.99 Å². The molecular formula is C27H21N3O7S. The van der Waals surface area contributed by atoms with Gasteiger partial charge in [0.05, 0.1) is 34.3 Å². The number of hydrogen-bond donors (Lipinski definition) is 0. The van der Waals surface area contributed by atoms with Crippen LogP contribution in [0.5, 0.6) is 17.2 Å². The first-order chi connectivity index (χ1) is 18.4. The van der Waals surface area contributed by atoms with Gasteiger partial charge in [-0.05, 0) is 48.4 Å². The molecule has 10 nitrogen and oxygen atoms in total. The molecule has 0 bridgehead atoms. The Labute approximate surface area is 220 Å². The number of nitriles is 1. The summed E-state index contributed by atoms with van der Waals surface area (Å²) in [7, 11) is 0. The molecule has 2 aromatic carbocycles. The number of rotatable bonds is 6. The van der Waals surface area contributed by atoms with Crippen LogP contribution in [0.4, 0.5) is 0 Å². The van der Waals surface area contributed by atoms with Crippen LogP contribution in [-0.2, 0) is 14.3 Å². The van der Waals surface area contributed by atoms with Gasteiger partial charge in [-0.25, -0.2) is 9.79 Å². The number of hydrogen-bond acceptors (Lipinski definition) is 10. The largest absolute Gasteiger partial charge is 0.461 e. The van der Waals surface area contributed by atoms with Crippen molar-refractivity contribution in [2.75, 3.05) is 13.4 Å². The highest BCUT2D eigenvalue weighted by Gasteiger charge is 2.34. The number of ether oxygens (including phenoxy) is 4. The minimum Gasteiger partial charge on any atom is -0.461 e. The molecule has 192 valence electrons. The molecule has 2 aliphatic rings. The summed E-state index contributed by atoms with van der Waals surface area (Å²) < 4.78 is 23.2. The number of carbonyl (C=O) groups excluding carboxylic acids is 2. The van der Waals surface area contributed by atoms with Gasteiger partial charge in [0.15, 0.2) is 16.3 Å². The average Bonchev–Trinajstić information content (AvgIpc) is 3.48. The van der Waals surface area contributed by atoms with E-state index in [0.717, 1.165) is 5.56 Å². The van der Waals surface area contributed by atoms with Crippen LogP contribution >= 0.6 is 11.3 Å². The van der Waals surface area contributed by atoms with Gasteiger partial charge in [-0.3, -0.25) is 14.2 Å². The predicted octanol–water partition coefficient (Wildman–Crippen LogP) is 2.35. The standard InChI is InChI=1S/C27H21N3O7S/c1-15-23(26(33)34-11-3-10-28)24(18-6-9-20-21(13-18)36-14-35-20)30-25(32)22(38-27(30)29-15)12-17-4-7-19(8-5-17)37-16(2)31/h4-9,12-13,24H,3,11,14H2,1-2H3/b22-12+. The number of aromatic nitrogens is 1. The van der Waals surface area contributed by atoms with Crippen LogP contribution in [0.3, 0.4) is 0 Å². The van der Waals surface area contributed by atoms with Gasteiger partial charge >= 0.3 is 11.9 Å². The van der Waals surface area contributed by atoms with E-state index in [1.807, 2.05) is 6.07 Å². The van der Waals surface area contributed by atoms with Gasteiger partial charge in [0.2, 0.25) is 6.79 Å². The summed E-state index contributed by atoms with van der Waals surface area (Å²) in [5.74, 6) is 0.391. The van der Waals surface area contributed by atoms with E-state index >= 15 is 0 Å². The van der Waals surface area contributed by atoms with Crippen molar-refractivity contribution in [3.8, 4) is 23.3 Å². The maximum absolute atomic E-state index is 13.7. The molecule has 0 saturated heterocycles. The molecule has 11 heteroatoms. The third-order valence-corrected chi connectivity index (χ3v) is 6.82. The van der Waals surface area contributed by atoms with Crippen LogP contribution < -0.4 is 29.1 Å². The van der Waals surface area contributed by atoms with E-state index < -0.39 is 18.0 Å². The predicted molar refractivity (Wildman–Crippen MR) is 135 cm³/mol. The van der Waals surface area contributed by atoms with Crippen LogP contribution in [0.15, 0.2) is 63.5 Å². The minimum atomic E-state index is -0.830. The van der Waals surface area contributed by atoms with Gasteiger partial charge in [-0.1, -0.05) is 29.5 Å². The van der Waals surface area contributed by atoms with Gasteiger partial charge in [0.1, 0.15) is 12.4 Å². The number of benzene rings is 2. The molecule has 3 aromatic rings. The molecule has 2 aliphatic heterocycles. The van der Waals surface area contributed by atoms with Crippen LogP contribution in [0.2, 0.25) is 0 Å². The summed E-state index contributed by atoms with van der Waals surface area (Å²) in [4.78, 5) is 43.1. The lowest BCUT2D eigenvalue weighted by Gasteiger charge is -2.24. The summed E-state index contributed by atoms with van der Waals surface area (Å²) in [5, 5.41) is 8.84. The molecule has 0 N–H and O–H groups in total. The topological polar surface area (TPSA) is 129 Å².